The van der Waals surface area contributed by atoms with Crippen molar-refractivity contribution in [1.29, 1.82) is 0 Å². The molecular formula is C11H16FN3O. The Hall–Kier alpha value is -1.01. The van der Waals surface area contributed by atoms with E-state index in [-0.39, 0.29) is 23.9 Å². The molecule has 4 N–H and O–H groups in total. The van der Waals surface area contributed by atoms with Gasteiger partial charge in [-0.3, -0.25) is 5.43 Å². The molecular weight excluding hydrogens is 209 g/mol. The van der Waals surface area contributed by atoms with Crippen LogP contribution in [0.1, 0.15) is 11.5 Å². The first-order valence-electron chi connectivity index (χ1n) is 5.23. The molecule has 1 aliphatic heterocycles. The first kappa shape index (κ1) is 11.5. The number of hydrogen-bond donors (Lipinski definition) is 3. The normalized spacial score (nSPS) is 29.6. The number of hydrogen-bond acceptors (Lipinski definition) is 4. The van der Waals surface area contributed by atoms with Gasteiger partial charge in [-0.05, 0) is 17.7 Å². The highest BCUT2D eigenvalue weighted by Gasteiger charge is 2.34. The minimum absolute atomic E-state index is 0.0838. The van der Waals surface area contributed by atoms with Crippen LogP contribution in [0.2, 0.25) is 0 Å². The quantitative estimate of drug-likeness (QED) is 0.693. The van der Waals surface area contributed by atoms with Gasteiger partial charge in [0.1, 0.15) is 5.82 Å². The fourth-order valence-electron chi connectivity index (χ4n) is 2.08. The lowest BCUT2D eigenvalue weighted by Crippen LogP contribution is -2.38. The Morgan fingerprint density at radius 3 is 2.62 bits per heavy atom. The predicted molar refractivity (Wildman–Crippen MR) is 59.1 cm³/mol. The van der Waals surface area contributed by atoms with E-state index >= 15 is 0 Å². The monoisotopic (exact) mass is 225 g/mol. The van der Waals surface area contributed by atoms with Crippen LogP contribution >= 0.6 is 0 Å². The second kappa shape index (κ2) is 4.88. The number of ether oxygens (including phenoxy) is 1. The van der Waals surface area contributed by atoms with E-state index in [2.05, 4.69) is 10.9 Å². The number of benzene rings is 1. The van der Waals surface area contributed by atoms with E-state index in [0.717, 1.165) is 5.56 Å². The zero-order chi connectivity index (χ0) is 11.5. The van der Waals surface area contributed by atoms with Gasteiger partial charge in [-0.1, -0.05) is 12.1 Å². The molecule has 1 aromatic rings. The van der Waals surface area contributed by atoms with Crippen LogP contribution in [0.25, 0.3) is 0 Å². The van der Waals surface area contributed by atoms with Gasteiger partial charge in [-0.2, -0.15) is 0 Å². The highest BCUT2D eigenvalue weighted by Crippen LogP contribution is 2.25. The Balaban J connectivity index is 2.19. The number of halogens is 1. The van der Waals surface area contributed by atoms with Crippen LogP contribution < -0.4 is 16.6 Å². The van der Waals surface area contributed by atoms with Crippen LogP contribution in [0.5, 0.6) is 0 Å². The average molecular weight is 225 g/mol. The number of rotatable bonds is 3. The summed E-state index contributed by atoms with van der Waals surface area (Å²) >= 11 is 0. The van der Waals surface area contributed by atoms with Crippen LogP contribution in [0.3, 0.4) is 0 Å². The number of hydrazine groups is 1. The second-order valence-corrected chi connectivity index (χ2v) is 3.95. The van der Waals surface area contributed by atoms with Crippen LogP contribution in [-0.2, 0) is 4.74 Å². The molecule has 0 bridgehead atoms. The third kappa shape index (κ3) is 2.22. The SMILES string of the molecule is COCC1NNC(N)C1c1ccc(F)cc1. The Morgan fingerprint density at radius 1 is 1.31 bits per heavy atom. The summed E-state index contributed by atoms with van der Waals surface area (Å²) in [6.07, 6.45) is -0.189. The summed E-state index contributed by atoms with van der Waals surface area (Å²) < 4.78 is 17.9. The summed E-state index contributed by atoms with van der Waals surface area (Å²) in [6, 6.07) is 6.52. The lowest BCUT2D eigenvalue weighted by Gasteiger charge is -2.20. The molecule has 3 atom stereocenters. The van der Waals surface area contributed by atoms with Crippen molar-refractivity contribution in [2.24, 2.45) is 5.73 Å². The Morgan fingerprint density at radius 2 is 2.00 bits per heavy atom. The summed E-state index contributed by atoms with van der Waals surface area (Å²) in [6.45, 7) is 0.558. The molecule has 0 spiro atoms. The van der Waals surface area contributed by atoms with E-state index in [9.17, 15) is 4.39 Å². The molecule has 0 aliphatic carbocycles. The molecule has 4 nitrogen and oxygen atoms in total. The summed E-state index contributed by atoms with van der Waals surface area (Å²) in [5.41, 5.74) is 13.0. The van der Waals surface area contributed by atoms with Gasteiger partial charge >= 0.3 is 0 Å². The van der Waals surface area contributed by atoms with E-state index in [1.807, 2.05) is 0 Å². The molecule has 88 valence electrons. The Bertz CT molecular complexity index is 342. The smallest absolute Gasteiger partial charge is 0.123 e. The topological polar surface area (TPSA) is 59.3 Å². The molecule has 16 heavy (non-hydrogen) atoms. The van der Waals surface area contributed by atoms with E-state index in [1.54, 1.807) is 19.2 Å². The van der Waals surface area contributed by atoms with Crippen molar-refractivity contribution in [1.82, 2.24) is 10.9 Å². The molecule has 2 rings (SSSR count). The van der Waals surface area contributed by atoms with Gasteiger partial charge in [0.2, 0.25) is 0 Å². The lowest BCUT2D eigenvalue weighted by molar-refractivity contribution is 0.165. The molecule has 1 aromatic carbocycles. The molecule has 1 fully saturated rings. The molecule has 0 saturated carbocycles. The molecule has 1 heterocycles. The summed E-state index contributed by atoms with van der Waals surface area (Å²) in [5, 5.41) is 0. The maximum atomic E-state index is 12.8. The molecule has 1 saturated heterocycles. The second-order valence-electron chi connectivity index (χ2n) is 3.95. The van der Waals surface area contributed by atoms with Gasteiger partial charge in [0.05, 0.1) is 18.8 Å². The molecule has 3 unspecified atom stereocenters. The van der Waals surface area contributed by atoms with Gasteiger partial charge in [-0.25, -0.2) is 9.82 Å². The van der Waals surface area contributed by atoms with Gasteiger partial charge in [-0.15, -0.1) is 0 Å². The minimum atomic E-state index is -0.237. The van der Waals surface area contributed by atoms with Crippen molar-refractivity contribution in [3.05, 3.63) is 35.6 Å². The number of methoxy groups -OCH3 is 1. The van der Waals surface area contributed by atoms with Crippen LogP contribution in [0.15, 0.2) is 24.3 Å². The molecule has 1 aliphatic rings. The fraction of sp³-hybridized carbons (Fsp3) is 0.455. The maximum absolute atomic E-state index is 12.8. The standard InChI is InChI=1S/C11H16FN3O/c1-16-6-9-10(11(13)15-14-9)7-2-4-8(12)5-3-7/h2-5,9-11,14-15H,6,13H2,1H3. The Labute approximate surface area is 93.9 Å². The van der Waals surface area contributed by atoms with E-state index < -0.39 is 0 Å². The first-order chi connectivity index (χ1) is 7.72. The zero-order valence-electron chi connectivity index (χ0n) is 9.11. The van der Waals surface area contributed by atoms with Gasteiger partial charge in [0.15, 0.2) is 0 Å². The van der Waals surface area contributed by atoms with Crippen molar-refractivity contribution in [3.8, 4) is 0 Å². The lowest BCUT2D eigenvalue weighted by atomic mass is 9.91. The van der Waals surface area contributed by atoms with E-state index in [1.165, 1.54) is 12.1 Å². The first-order valence-corrected chi connectivity index (χ1v) is 5.23. The van der Waals surface area contributed by atoms with Gasteiger partial charge in [0.25, 0.3) is 0 Å². The number of nitrogens with two attached hydrogens (primary N) is 1. The third-order valence-electron chi connectivity index (χ3n) is 2.86. The van der Waals surface area contributed by atoms with Crippen LogP contribution in [0, 0.1) is 5.82 Å². The van der Waals surface area contributed by atoms with Crippen molar-refractivity contribution in [3.63, 3.8) is 0 Å². The predicted octanol–water partition coefficient (Wildman–Crippen LogP) is 0.317. The highest BCUT2D eigenvalue weighted by molar-refractivity contribution is 5.25. The van der Waals surface area contributed by atoms with Crippen molar-refractivity contribution in [2.45, 2.75) is 18.1 Å². The van der Waals surface area contributed by atoms with E-state index in [4.69, 9.17) is 10.5 Å². The summed E-state index contributed by atoms with van der Waals surface area (Å²) in [4.78, 5) is 0. The highest BCUT2D eigenvalue weighted by atomic mass is 19.1. The molecule has 0 aromatic heterocycles. The van der Waals surface area contributed by atoms with Crippen molar-refractivity contribution < 1.29 is 9.13 Å². The summed E-state index contributed by atoms with van der Waals surface area (Å²) in [7, 11) is 1.65. The van der Waals surface area contributed by atoms with Gasteiger partial charge in [0, 0.05) is 13.0 Å². The fourth-order valence-corrected chi connectivity index (χ4v) is 2.08. The average Bonchev–Trinajstić information content (AvgIpc) is 2.62. The van der Waals surface area contributed by atoms with E-state index in [0.29, 0.717) is 6.61 Å². The maximum Gasteiger partial charge on any atom is 0.123 e. The summed E-state index contributed by atoms with van der Waals surface area (Å²) in [5.74, 6) is -0.153. The molecule has 5 heteroatoms. The van der Waals surface area contributed by atoms with Crippen LogP contribution in [0.4, 0.5) is 4.39 Å². The van der Waals surface area contributed by atoms with Crippen LogP contribution in [-0.4, -0.2) is 25.9 Å². The third-order valence-corrected chi connectivity index (χ3v) is 2.86. The molecule has 0 radical (unpaired) electrons. The largest absolute Gasteiger partial charge is 0.383 e. The van der Waals surface area contributed by atoms with Gasteiger partial charge < -0.3 is 10.5 Å². The minimum Gasteiger partial charge on any atom is -0.383 e. The molecule has 0 amide bonds. The Kier molecular flexibility index (Phi) is 3.50. The van der Waals surface area contributed by atoms with Crippen molar-refractivity contribution >= 4 is 0 Å². The number of nitrogens with one attached hydrogen (secondary N) is 2. The zero-order valence-corrected chi connectivity index (χ0v) is 9.11. The van der Waals surface area contributed by atoms with Crippen molar-refractivity contribution in [2.75, 3.05) is 13.7 Å².